The van der Waals surface area contributed by atoms with Gasteiger partial charge in [-0.25, -0.2) is 4.79 Å². The monoisotopic (exact) mass is 439 g/mol. The van der Waals surface area contributed by atoms with Gasteiger partial charge in [0, 0.05) is 19.1 Å². The van der Waals surface area contributed by atoms with E-state index < -0.39 is 0 Å². The minimum atomic E-state index is -0.138. The highest BCUT2D eigenvalue weighted by Gasteiger charge is 2.33. The third kappa shape index (κ3) is 5.12. The predicted octanol–water partition coefficient (Wildman–Crippen LogP) is 5.44. The standard InChI is InChI=1S/C29H33N3O/c33-29(30-28(25-12-6-2-7-13-25)26-14-8-3-9-15-26)32-21-18-27(22-32)31-19-16-24(17-20-31)23-10-4-1-5-11-23/h1-15,24,27-28H,16-22H2,(H,30,33). The van der Waals surface area contributed by atoms with Crippen LogP contribution in [0.25, 0.3) is 0 Å². The van der Waals surface area contributed by atoms with Gasteiger partial charge in [-0.3, -0.25) is 4.90 Å². The van der Waals surface area contributed by atoms with E-state index >= 15 is 0 Å². The first-order valence-electron chi connectivity index (χ1n) is 12.2. The highest BCUT2D eigenvalue weighted by molar-refractivity contribution is 5.75. The lowest BCUT2D eigenvalue weighted by molar-refractivity contribution is 0.151. The summed E-state index contributed by atoms with van der Waals surface area (Å²) in [5.74, 6) is 0.667. The number of likely N-dealkylation sites (tertiary alicyclic amines) is 2. The molecule has 0 aromatic heterocycles. The Labute approximate surface area is 197 Å². The summed E-state index contributed by atoms with van der Waals surface area (Å²) in [6.45, 7) is 3.89. The molecule has 4 heteroatoms. The van der Waals surface area contributed by atoms with Crippen LogP contribution in [-0.4, -0.2) is 48.1 Å². The van der Waals surface area contributed by atoms with Crippen LogP contribution in [0.2, 0.25) is 0 Å². The molecule has 0 saturated carbocycles. The van der Waals surface area contributed by atoms with Gasteiger partial charge in [0.25, 0.3) is 0 Å². The largest absolute Gasteiger partial charge is 0.327 e. The Kier molecular flexibility index (Phi) is 6.73. The van der Waals surface area contributed by atoms with Crippen molar-refractivity contribution in [3.63, 3.8) is 0 Å². The summed E-state index contributed by atoms with van der Waals surface area (Å²) in [6.07, 6.45) is 3.47. The van der Waals surface area contributed by atoms with E-state index in [1.165, 1.54) is 18.4 Å². The van der Waals surface area contributed by atoms with E-state index in [4.69, 9.17) is 0 Å². The maximum absolute atomic E-state index is 13.3. The van der Waals surface area contributed by atoms with Crippen LogP contribution in [0, 0.1) is 0 Å². The molecular weight excluding hydrogens is 406 g/mol. The zero-order valence-electron chi connectivity index (χ0n) is 19.1. The number of nitrogens with one attached hydrogen (secondary N) is 1. The van der Waals surface area contributed by atoms with Gasteiger partial charge in [-0.1, -0.05) is 91.0 Å². The van der Waals surface area contributed by atoms with Crippen LogP contribution in [0.3, 0.4) is 0 Å². The van der Waals surface area contributed by atoms with Gasteiger partial charge in [-0.05, 0) is 55.0 Å². The fourth-order valence-electron chi connectivity index (χ4n) is 5.41. The van der Waals surface area contributed by atoms with Crippen molar-refractivity contribution in [2.45, 2.75) is 37.3 Å². The molecule has 0 spiro atoms. The molecular formula is C29H33N3O. The van der Waals surface area contributed by atoms with Gasteiger partial charge in [0.15, 0.2) is 0 Å². The first kappa shape index (κ1) is 21.7. The van der Waals surface area contributed by atoms with Crippen molar-refractivity contribution in [2.24, 2.45) is 0 Å². The van der Waals surface area contributed by atoms with E-state index in [-0.39, 0.29) is 12.1 Å². The highest BCUT2D eigenvalue weighted by Crippen LogP contribution is 2.30. The SMILES string of the molecule is O=C(NC(c1ccccc1)c1ccccc1)N1CCC(N2CCC(c3ccccc3)CC2)C1. The minimum Gasteiger partial charge on any atom is -0.327 e. The molecule has 1 N–H and O–H groups in total. The number of piperidine rings is 1. The molecule has 2 aliphatic heterocycles. The number of urea groups is 1. The quantitative estimate of drug-likeness (QED) is 0.575. The van der Waals surface area contributed by atoms with Gasteiger partial charge in [-0.15, -0.1) is 0 Å². The van der Waals surface area contributed by atoms with Gasteiger partial charge >= 0.3 is 6.03 Å². The lowest BCUT2D eigenvalue weighted by atomic mass is 9.89. The number of carbonyl (C=O) groups is 1. The molecule has 5 rings (SSSR count). The first-order valence-corrected chi connectivity index (χ1v) is 12.2. The molecule has 0 radical (unpaired) electrons. The summed E-state index contributed by atoms with van der Waals surface area (Å²) >= 11 is 0. The Balaban J connectivity index is 1.19. The highest BCUT2D eigenvalue weighted by atomic mass is 16.2. The second kappa shape index (κ2) is 10.2. The molecule has 1 unspecified atom stereocenters. The van der Waals surface area contributed by atoms with E-state index in [1.54, 1.807) is 0 Å². The number of carbonyl (C=O) groups excluding carboxylic acids is 1. The number of hydrogen-bond donors (Lipinski definition) is 1. The van der Waals surface area contributed by atoms with Crippen LogP contribution in [0.1, 0.15) is 47.9 Å². The Hall–Kier alpha value is -3.11. The second-order valence-corrected chi connectivity index (χ2v) is 9.31. The number of nitrogens with zero attached hydrogens (tertiary/aromatic N) is 2. The van der Waals surface area contributed by atoms with Crippen molar-refractivity contribution in [3.05, 3.63) is 108 Å². The van der Waals surface area contributed by atoms with Crippen molar-refractivity contribution >= 4 is 6.03 Å². The number of hydrogen-bond acceptors (Lipinski definition) is 2. The van der Waals surface area contributed by atoms with Crippen LogP contribution in [-0.2, 0) is 0 Å². The van der Waals surface area contributed by atoms with Crippen LogP contribution >= 0.6 is 0 Å². The van der Waals surface area contributed by atoms with E-state index in [0.717, 1.165) is 43.7 Å². The minimum absolute atomic E-state index is 0.0365. The third-order valence-electron chi connectivity index (χ3n) is 7.30. The molecule has 2 heterocycles. The molecule has 0 aliphatic carbocycles. The number of benzene rings is 3. The van der Waals surface area contributed by atoms with Gasteiger partial charge in [0.2, 0.25) is 0 Å². The zero-order chi connectivity index (χ0) is 22.5. The Morgan fingerprint density at radius 1 is 0.727 bits per heavy atom. The summed E-state index contributed by atoms with van der Waals surface area (Å²) in [5, 5.41) is 3.31. The average Bonchev–Trinajstić information content (AvgIpc) is 3.39. The average molecular weight is 440 g/mol. The smallest absolute Gasteiger partial charge is 0.318 e. The van der Waals surface area contributed by atoms with Crippen molar-refractivity contribution in [3.8, 4) is 0 Å². The molecule has 33 heavy (non-hydrogen) atoms. The van der Waals surface area contributed by atoms with Crippen LogP contribution in [0.4, 0.5) is 4.79 Å². The zero-order valence-corrected chi connectivity index (χ0v) is 19.1. The van der Waals surface area contributed by atoms with Crippen molar-refractivity contribution < 1.29 is 4.79 Å². The van der Waals surface area contributed by atoms with Gasteiger partial charge in [0.05, 0.1) is 6.04 Å². The number of rotatable bonds is 5. The first-order chi connectivity index (χ1) is 16.3. The van der Waals surface area contributed by atoms with Crippen molar-refractivity contribution in [2.75, 3.05) is 26.2 Å². The fraction of sp³-hybridized carbons (Fsp3) is 0.345. The molecule has 3 aromatic rings. The predicted molar refractivity (Wildman–Crippen MR) is 133 cm³/mol. The lowest BCUT2D eigenvalue weighted by Gasteiger charge is -2.36. The molecule has 2 amide bonds. The maximum Gasteiger partial charge on any atom is 0.318 e. The summed E-state index contributed by atoms with van der Waals surface area (Å²) in [4.78, 5) is 17.9. The van der Waals surface area contributed by atoms with E-state index in [0.29, 0.717) is 12.0 Å². The van der Waals surface area contributed by atoms with E-state index in [2.05, 4.69) is 64.8 Å². The van der Waals surface area contributed by atoms with Gasteiger partial charge in [-0.2, -0.15) is 0 Å². The summed E-state index contributed by atoms with van der Waals surface area (Å²) in [6, 6.07) is 31.8. The fourth-order valence-corrected chi connectivity index (χ4v) is 5.41. The van der Waals surface area contributed by atoms with E-state index in [1.807, 2.05) is 41.3 Å². The lowest BCUT2D eigenvalue weighted by Crippen LogP contribution is -2.45. The van der Waals surface area contributed by atoms with Crippen LogP contribution in [0.15, 0.2) is 91.0 Å². The molecule has 2 fully saturated rings. The summed E-state index contributed by atoms with van der Waals surface area (Å²) in [5.41, 5.74) is 3.68. The van der Waals surface area contributed by atoms with Crippen molar-refractivity contribution in [1.29, 1.82) is 0 Å². The van der Waals surface area contributed by atoms with Crippen LogP contribution in [0.5, 0.6) is 0 Å². The third-order valence-corrected chi connectivity index (χ3v) is 7.30. The second-order valence-electron chi connectivity index (χ2n) is 9.31. The molecule has 4 nitrogen and oxygen atoms in total. The van der Waals surface area contributed by atoms with Crippen molar-refractivity contribution in [1.82, 2.24) is 15.1 Å². The maximum atomic E-state index is 13.3. The van der Waals surface area contributed by atoms with Gasteiger partial charge < -0.3 is 10.2 Å². The molecule has 2 aliphatic rings. The molecule has 3 aromatic carbocycles. The Morgan fingerprint density at radius 2 is 1.27 bits per heavy atom. The summed E-state index contributed by atoms with van der Waals surface area (Å²) < 4.78 is 0. The molecule has 2 saturated heterocycles. The topological polar surface area (TPSA) is 35.6 Å². The van der Waals surface area contributed by atoms with E-state index in [9.17, 15) is 4.79 Å². The summed E-state index contributed by atoms with van der Waals surface area (Å²) in [7, 11) is 0. The molecule has 0 bridgehead atoms. The Bertz CT molecular complexity index is 977. The normalized spacial score (nSPS) is 19.7. The molecule has 1 atom stereocenters. The number of amides is 2. The van der Waals surface area contributed by atoms with Crippen LogP contribution < -0.4 is 5.32 Å². The Morgan fingerprint density at radius 3 is 1.85 bits per heavy atom. The molecule has 170 valence electrons. The van der Waals surface area contributed by atoms with Gasteiger partial charge in [0.1, 0.15) is 0 Å².